The fourth-order valence-corrected chi connectivity index (χ4v) is 0.847. The number of H-pyrrole nitrogens is 1. The summed E-state index contributed by atoms with van der Waals surface area (Å²) in [5, 5.41) is 1.11. The molecule has 2 nitrogen and oxygen atoms in total. The second-order valence-electron chi connectivity index (χ2n) is 1.88. The van der Waals surface area contributed by atoms with Gasteiger partial charge in [-0.3, -0.25) is 0 Å². The summed E-state index contributed by atoms with van der Waals surface area (Å²) in [4.78, 5) is 2.96. The molecule has 44 valence electrons. The van der Waals surface area contributed by atoms with Crippen LogP contribution in [0.2, 0.25) is 0 Å². The number of fused-ring (bicyclic) bond motifs is 1. The summed E-state index contributed by atoms with van der Waals surface area (Å²) in [5.74, 6) is 0. The molecular formula is C7H6NO+. The number of hydrogen-bond acceptors (Lipinski definition) is 1. The summed E-state index contributed by atoms with van der Waals surface area (Å²) in [7, 11) is 0. The Hall–Kier alpha value is -1.31. The Morgan fingerprint density at radius 2 is 2.33 bits per heavy atom. The van der Waals surface area contributed by atoms with Crippen LogP contribution >= 0.6 is 0 Å². The van der Waals surface area contributed by atoms with E-state index in [1.807, 2.05) is 24.5 Å². The van der Waals surface area contributed by atoms with Crippen LogP contribution < -0.4 is 4.98 Å². The minimum Gasteiger partial charge on any atom is -0.464 e. The first kappa shape index (κ1) is 4.56. The molecule has 0 radical (unpaired) electrons. The summed E-state index contributed by atoms with van der Waals surface area (Å²) < 4.78 is 5.10. The zero-order valence-corrected chi connectivity index (χ0v) is 4.79. The van der Waals surface area contributed by atoms with Crippen LogP contribution in [0, 0.1) is 0 Å². The first-order chi connectivity index (χ1) is 4.47. The number of aromatic amines is 1. The van der Waals surface area contributed by atoms with Gasteiger partial charge in [-0.2, -0.15) is 0 Å². The van der Waals surface area contributed by atoms with Gasteiger partial charge in [-0.1, -0.05) is 0 Å². The highest BCUT2D eigenvalue weighted by atomic mass is 16.3. The van der Waals surface area contributed by atoms with Gasteiger partial charge in [0.25, 0.3) is 0 Å². The average Bonchev–Trinajstić information content (AvgIpc) is 2.33. The number of furan rings is 1. The largest absolute Gasteiger partial charge is 0.464 e. The molecule has 2 heterocycles. The number of rotatable bonds is 0. The molecule has 0 amide bonds. The third-order valence-corrected chi connectivity index (χ3v) is 1.30. The van der Waals surface area contributed by atoms with Crippen molar-refractivity contribution in [3.05, 3.63) is 30.8 Å². The van der Waals surface area contributed by atoms with Crippen molar-refractivity contribution in [1.82, 2.24) is 0 Å². The molecule has 0 aliphatic carbocycles. The van der Waals surface area contributed by atoms with Gasteiger partial charge in [-0.15, -0.1) is 0 Å². The summed E-state index contributed by atoms with van der Waals surface area (Å²) >= 11 is 0. The van der Waals surface area contributed by atoms with Gasteiger partial charge in [0.2, 0.25) is 0 Å². The van der Waals surface area contributed by atoms with E-state index < -0.39 is 0 Å². The van der Waals surface area contributed by atoms with Gasteiger partial charge in [0.15, 0.2) is 12.4 Å². The Kier molecular flexibility index (Phi) is 0.803. The van der Waals surface area contributed by atoms with Gasteiger partial charge in [0.05, 0.1) is 11.6 Å². The molecule has 1 N–H and O–H groups in total. The number of nitrogens with one attached hydrogen (secondary N) is 1. The minimum atomic E-state index is 0.925. The lowest BCUT2D eigenvalue weighted by Crippen LogP contribution is -1.95. The van der Waals surface area contributed by atoms with Crippen LogP contribution in [0.5, 0.6) is 0 Å². The SMILES string of the molecule is c1cc2occc2c[nH+]1. The second kappa shape index (κ2) is 1.58. The molecule has 0 fully saturated rings. The maximum atomic E-state index is 5.10. The van der Waals surface area contributed by atoms with Crippen molar-refractivity contribution in [2.45, 2.75) is 0 Å². The van der Waals surface area contributed by atoms with Crippen molar-refractivity contribution in [2.24, 2.45) is 0 Å². The molecule has 0 unspecified atom stereocenters. The molecule has 2 aromatic rings. The molecule has 2 aromatic heterocycles. The van der Waals surface area contributed by atoms with Gasteiger partial charge in [0.1, 0.15) is 5.58 Å². The molecule has 0 bridgehead atoms. The molecule has 0 aromatic carbocycles. The Morgan fingerprint density at radius 1 is 1.33 bits per heavy atom. The second-order valence-corrected chi connectivity index (χ2v) is 1.88. The summed E-state index contributed by atoms with van der Waals surface area (Å²) in [6, 6.07) is 3.82. The topological polar surface area (TPSA) is 27.3 Å². The first-order valence-corrected chi connectivity index (χ1v) is 2.80. The van der Waals surface area contributed by atoms with Gasteiger partial charge < -0.3 is 4.42 Å². The fraction of sp³-hybridized carbons (Fsp3) is 0. The molecule has 0 atom stereocenters. The normalized spacial score (nSPS) is 10.2. The van der Waals surface area contributed by atoms with Crippen LogP contribution in [0.15, 0.2) is 35.2 Å². The van der Waals surface area contributed by atoms with Crippen molar-refractivity contribution in [3.63, 3.8) is 0 Å². The summed E-state index contributed by atoms with van der Waals surface area (Å²) in [6.45, 7) is 0. The van der Waals surface area contributed by atoms with Crippen LogP contribution in [0.3, 0.4) is 0 Å². The average molecular weight is 120 g/mol. The van der Waals surface area contributed by atoms with Gasteiger partial charge in [0, 0.05) is 6.07 Å². The lowest BCUT2D eigenvalue weighted by Gasteiger charge is -1.76. The number of aromatic nitrogens is 1. The van der Waals surface area contributed by atoms with Gasteiger partial charge in [-0.05, 0) is 6.07 Å². The molecule has 0 saturated heterocycles. The number of pyridine rings is 1. The van der Waals surface area contributed by atoms with Gasteiger partial charge >= 0.3 is 0 Å². The molecular weight excluding hydrogens is 114 g/mol. The predicted octanol–water partition coefficient (Wildman–Crippen LogP) is 1.25. The molecule has 0 aliphatic heterocycles. The Morgan fingerprint density at radius 3 is 3.22 bits per heavy atom. The van der Waals surface area contributed by atoms with E-state index in [0.29, 0.717) is 0 Å². The molecule has 2 rings (SSSR count). The summed E-state index contributed by atoms with van der Waals surface area (Å²) in [6.07, 6.45) is 5.42. The maximum absolute atomic E-state index is 5.10. The summed E-state index contributed by atoms with van der Waals surface area (Å²) in [5.41, 5.74) is 0.925. The van der Waals surface area contributed by atoms with Gasteiger partial charge in [-0.25, -0.2) is 4.98 Å². The highest BCUT2D eigenvalue weighted by Gasteiger charge is 1.94. The highest BCUT2D eigenvalue weighted by Crippen LogP contribution is 2.09. The van der Waals surface area contributed by atoms with E-state index >= 15 is 0 Å². The predicted molar refractivity (Wildman–Crippen MR) is 32.8 cm³/mol. The van der Waals surface area contributed by atoms with E-state index in [1.165, 1.54) is 0 Å². The molecule has 0 spiro atoms. The van der Waals surface area contributed by atoms with Crippen LogP contribution in [0.25, 0.3) is 11.0 Å². The molecule has 9 heavy (non-hydrogen) atoms. The van der Waals surface area contributed by atoms with Crippen LogP contribution in [-0.4, -0.2) is 0 Å². The first-order valence-electron chi connectivity index (χ1n) is 2.80. The zero-order chi connectivity index (χ0) is 6.10. The maximum Gasteiger partial charge on any atom is 0.178 e. The van der Waals surface area contributed by atoms with Crippen LogP contribution in [0.4, 0.5) is 0 Å². The van der Waals surface area contributed by atoms with E-state index in [4.69, 9.17) is 4.42 Å². The minimum absolute atomic E-state index is 0.925. The smallest absolute Gasteiger partial charge is 0.178 e. The Labute approximate surface area is 52.1 Å². The van der Waals surface area contributed by atoms with E-state index in [2.05, 4.69) is 4.98 Å². The number of hydrogen-bond donors (Lipinski definition) is 0. The van der Waals surface area contributed by atoms with Crippen LogP contribution in [-0.2, 0) is 0 Å². The van der Waals surface area contributed by atoms with E-state index in [-0.39, 0.29) is 0 Å². The quantitative estimate of drug-likeness (QED) is 0.514. The van der Waals surface area contributed by atoms with Crippen LogP contribution in [0.1, 0.15) is 0 Å². The van der Waals surface area contributed by atoms with Crippen molar-refractivity contribution < 1.29 is 9.40 Å². The van der Waals surface area contributed by atoms with E-state index in [1.54, 1.807) is 6.26 Å². The monoisotopic (exact) mass is 120 g/mol. The lowest BCUT2D eigenvalue weighted by atomic mass is 10.3. The fourth-order valence-electron chi connectivity index (χ4n) is 0.847. The third-order valence-electron chi connectivity index (χ3n) is 1.30. The molecule has 0 aliphatic rings. The van der Waals surface area contributed by atoms with E-state index in [9.17, 15) is 0 Å². The van der Waals surface area contributed by atoms with Crippen molar-refractivity contribution in [3.8, 4) is 0 Å². The van der Waals surface area contributed by atoms with Crippen molar-refractivity contribution in [1.29, 1.82) is 0 Å². The third kappa shape index (κ3) is 0.598. The van der Waals surface area contributed by atoms with Crippen molar-refractivity contribution >= 4 is 11.0 Å². The van der Waals surface area contributed by atoms with Crippen molar-refractivity contribution in [2.75, 3.05) is 0 Å². The molecule has 0 saturated carbocycles. The molecule has 2 heteroatoms. The van der Waals surface area contributed by atoms with E-state index in [0.717, 1.165) is 11.0 Å². The zero-order valence-electron chi connectivity index (χ0n) is 4.79. The standard InChI is InChI=1S/C7H5NO/c1-3-8-5-6-2-4-9-7(1)6/h1-5H/p+1. The lowest BCUT2D eigenvalue weighted by molar-refractivity contribution is -0.375. The highest BCUT2D eigenvalue weighted by molar-refractivity contribution is 5.74. The Balaban J connectivity index is 2.95. The Bertz CT molecular complexity index is 283.